The SMILES string of the molecule is O=C(Cc1ccsc1)c1ccccc1OC(F)(F)F. The lowest BCUT2D eigenvalue weighted by molar-refractivity contribution is -0.274. The highest BCUT2D eigenvalue weighted by atomic mass is 32.1. The van der Waals surface area contributed by atoms with E-state index < -0.39 is 17.9 Å². The zero-order valence-corrected chi connectivity index (χ0v) is 10.4. The highest BCUT2D eigenvalue weighted by Gasteiger charge is 2.32. The van der Waals surface area contributed by atoms with Crippen LogP contribution in [0.3, 0.4) is 0 Å². The maximum atomic E-state index is 12.2. The first-order valence-electron chi connectivity index (χ1n) is 5.35. The van der Waals surface area contributed by atoms with Gasteiger partial charge in [0, 0.05) is 6.42 Å². The van der Waals surface area contributed by atoms with Crippen LogP contribution in [0.15, 0.2) is 41.1 Å². The van der Waals surface area contributed by atoms with Crippen molar-refractivity contribution < 1.29 is 22.7 Å². The number of benzene rings is 1. The van der Waals surface area contributed by atoms with Crippen LogP contribution >= 0.6 is 11.3 Å². The van der Waals surface area contributed by atoms with Gasteiger partial charge in [0.1, 0.15) is 5.75 Å². The van der Waals surface area contributed by atoms with Crippen molar-refractivity contribution in [1.82, 2.24) is 0 Å². The minimum atomic E-state index is -4.81. The summed E-state index contributed by atoms with van der Waals surface area (Å²) >= 11 is 1.43. The predicted molar refractivity (Wildman–Crippen MR) is 65.5 cm³/mol. The Morgan fingerprint density at radius 3 is 2.58 bits per heavy atom. The second-order valence-electron chi connectivity index (χ2n) is 3.78. The van der Waals surface area contributed by atoms with E-state index in [1.165, 1.54) is 29.5 Å². The number of para-hydroxylation sites is 1. The van der Waals surface area contributed by atoms with Crippen LogP contribution in [-0.2, 0) is 6.42 Å². The largest absolute Gasteiger partial charge is 0.573 e. The molecule has 0 amide bonds. The summed E-state index contributed by atoms with van der Waals surface area (Å²) in [4.78, 5) is 12.0. The Bertz CT molecular complexity index is 562. The van der Waals surface area contributed by atoms with Crippen LogP contribution < -0.4 is 4.74 Å². The molecule has 2 nitrogen and oxygen atoms in total. The fourth-order valence-corrected chi connectivity index (χ4v) is 2.25. The fourth-order valence-electron chi connectivity index (χ4n) is 1.58. The number of thiophene rings is 1. The smallest absolute Gasteiger partial charge is 0.405 e. The second kappa shape index (κ2) is 5.44. The van der Waals surface area contributed by atoms with Crippen molar-refractivity contribution in [2.75, 3.05) is 0 Å². The molecule has 0 radical (unpaired) electrons. The average Bonchev–Trinajstić information content (AvgIpc) is 2.80. The van der Waals surface area contributed by atoms with E-state index in [-0.39, 0.29) is 12.0 Å². The van der Waals surface area contributed by atoms with Crippen molar-refractivity contribution >= 4 is 17.1 Å². The molecule has 19 heavy (non-hydrogen) atoms. The summed E-state index contributed by atoms with van der Waals surface area (Å²) in [5.41, 5.74) is 0.711. The Morgan fingerprint density at radius 2 is 1.95 bits per heavy atom. The molecule has 1 aromatic carbocycles. The van der Waals surface area contributed by atoms with E-state index in [4.69, 9.17) is 0 Å². The number of halogens is 3. The number of Topliss-reactive ketones (excluding diaryl/α,β-unsaturated/α-hetero) is 1. The van der Waals surface area contributed by atoms with Gasteiger partial charge in [-0.3, -0.25) is 4.79 Å². The average molecular weight is 286 g/mol. The number of rotatable bonds is 4. The highest BCUT2D eigenvalue weighted by Crippen LogP contribution is 2.27. The molecule has 2 rings (SSSR count). The Kier molecular flexibility index (Phi) is 3.90. The van der Waals surface area contributed by atoms with Gasteiger partial charge in [-0.25, -0.2) is 0 Å². The van der Waals surface area contributed by atoms with Crippen molar-refractivity contribution in [2.45, 2.75) is 12.8 Å². The molecule has 0 aliphatic heterocycles. The zero-order valence-electron chi connectivity index (χ0n) is 9.61. The molecule has 6 heteroatoms. The van der Waals surface area contributed by atoms with Crippen molar-refractivity contribution in [3.63, 3.8) is 0 Å². The summed E-state index contributed by atoms with van der Waals surface area (Å²) in [5, 5.41) is 3.59. The molecule has 0 aliphatic rings. The van der Waals surface area contributed by atoms with Gasteiger partial charge in [0.2, 0.25) is 0 Å². The Balaban J connectivity index is 2.21. The van der Waals surface area contributed by atoms with E-state index in [1.54, 1.807) is 16.8 Å². The van der Waals surface area contributed by atoms with E-state index in [1.807, 2.05) is 0 Å². The number of ketones is 1. The summed E-state index contributed by atoms with van der Waals surface area (Å²) in [6, 6.07) is 7.12. The monoisotopic (exact) mass is 286 g/mol. The van der Waals surface area contributed by atoms with Gasteiger partial charge >= 0.3 is 6.36 Å². The minimum Gasteiger partial charge on any atom is -0.405 e. The van der Waals surface area contributed by atoms with Gasteiger partial charge in [-0.05, 0) is 34.5 Å². The minimum absolute atomic E-state index is 0.0573. The number of hydrogen-bond donors (Lipinski definition) is 0. The van der Waals surface area contributed by atoms with Crippen LogP contribution in [0.1, 0.15) is 15.9 Å². The van der Waals surface area contributed by atoms with Crippen molar-refractivity contribution in [3.8, 4) is 5.75 Å². The molecule has 0 atom stereocenters. The standard InChI is InChI=1S/C13H9F3O2S/c14-13(15,16)18-12-4-2-1-3-10(12)11(17)7-9-5-6-19-8-9/h1-6,8H,7H2. The van der Waals surface area contributed by atoms with E-state index in [0.29, 0.717) is 0 Å². The van der Waals surface area contributed by atoms with Crippen LogP contribution in [0, 0.1) is 0 Å². The van der Waals surface area contributed by atoms with Gasteiger partial charge in [0.05, 0.1) is 5.56 Å². The number of hydrogen-bond acceptors (Lipinski definition) is 3. The normalized spacial score (nSPS) is 11.3. The van der Waals surface area contributed by atoms with E-state index in [9.17, 15) is 18.0 Å². The van der Waals surface area contributed by atoms with Crippen molar-refractivity contribution in [3.05, 3.63) is 52.2 Å². The molecule has 0 spiro atoms. The van der Waals surface area contributed by atoms with Crippen molar-refractivity contribution in [1.29, 1.82) is 0 Å². The molecule has 0 saturated heterocycles. The van der Waals surface area contributed by atoms with Gasteiger partial charge in [-0.15, -0.1) is 13.2 Å². The summed E-state index contributed by atoms with van der Waals surface area (Å²) in [6.07, 6.45) is -4.75. The van der Waals surface area contributed by atoms with Gasteiger partial charge in [0.25, 0.3) is 0 Å². The molecule has 0 saturated carbocycles. The third-order valence-corrected chi connectivity index (χ3v) is 3.09. The number of alkyl halides is 3. The Hall–Kier alpha value is -1.82. The summed E-state index contributed by atoms with van der Waals surface area (Å²) in [7, 11) is 0. The van der Waals surface area contributed by atoms with Gasteiger partial charge in [-0.1, -0.05) is 12.1 Å². The van der Waals surface area contributed by atoms with E-state index in [2.05, 4.69) is 4.74 Å². The molecule has 0 fully saturated rings. The fraction of sp³-hybridized carbons (Fsp3) is 0.154. The van der Waals surface area contributed by atoms with Gasteiger partial charge < -0.3 is 4.74 Å². The van der Waals surface area contributed by atoms with E-state index in [0.717, 1.165) is 11.6 Å². The van der Waals surface area contributed by atoms with E-state index >= 15 is 0 Å². The molecule has 0 N–H and O–H groups in total. The van der Waals surface area contributed by atoms with Crippen LogP contribution in [0.25, 0.3) is 0 Å². The molecule has 1 aromatic heterocycles. The first-order chi connectivity index (χ1) is 8.96. The van der Waals surface area contributed by atoms with Crippen LogP contribution in [-0.4, -0.2) is 12.1 Å². The molecule has 0 aliphatic carbocycles. The van der Waals surface area contributed by atoms with Crippen molar-refractivity contribution in [2.24, 2.45) is 0 Å². The van der Waals surface area contributed by atoms with Gasteiger partial charge in [-0.2, -0.15) is 11.3 Å². The Labute approximate surface area is 111 Å². The number of ether oxygens (including phenoxy) is 1. The maximum absolute atomic E-state index is 12.2. The second-order valence-corrected chi connectivity index (χ2v) is 4.56. The van der Waals surface area contributed by atoms with Crippen LogP contribution in [0.5, 0.6) is 5.75 Å². The quantitative estimate of drug-likeness (QED) is 0.792. The maximum Gasteiger partial charge on any atom is 0.573 e. The Morgan fingerprint density at radius 1 is 1.21 bits per heavy atom. The molecular formula is C13H9F3O2S. The first-order valence-corrected chi connectivity index (χ1v) is 6.29. The topological polar surface area (TPSA) is 26.3 Å². The summed E-state index contributed by atoms with van der Waals surface area (Å²) < 4.78 is 40.5. The summed E-state index contributed by atoms with van der Waals surface area (Å²) in [6.45, 7) is 0. The molecular weight excluding hydrogens is 277 g/mol. The third kappa shape index (κ3) is 3.82. The molecule has 2 aromatic rings. The first kappa shape index (κ1) is 13.6. The molecule has 0 bridgehead atoms. The molecule has 100 valence electrons. The van der Waals surface area contributed by atoms with Gasteiger partial charge in [0.15, 0.2) is 5.78 Å². The number of carbonyl (C=O) groups is 1. The van der Waals surface area contributed by atoms with Crippen LogP contribution in [0.4, 0.5) is 13.2 Å². The summed E-state index contributed by atoms with van der Waals surface area (Å²) in [5.74, 6) is -0.867. The molecule has 0 unspecified atom stereocenters. The lowest BCUT2D eigenvalue weighted by Crippen LogP contribution is -2.19. The third-order valence-electron chi connectivity index (χ3n) is 2.36. The zero-order chi connectivity index (χ0) is 13.9. The number of carbonyl (C=O) groups excluding carboxylic acids is 1. The predicted octanol–water partition coefficient (Wildman–Crippen LogP) is 4.07. The lowest BCUT2D eigenvalue weighted by Gasteiger charge is -2.12. The highest BCUT2D eigenvalue weighted by molar-refractivity contribution is 7.08. The van der Waals surface area contributed by atoms with Crippen LogP contribution in [0.2, 0.25) is 0 Å². The lowest BCUT2D eigenvalue weighted by atomic mass is 10.0. The molecule has 1 heterocycles.